The summed E-state index contributed by atoms with van der Waals surface area (Å²) in [4.78, 5) is 1.16. The first-order valence-electron chi connectivity index (χ1n) is 5.48. The second-order valence-corrected chi connectivity index (χ2v) is 5.71. The first-order chi connectivity index (χ1) is 7.49. The average Bonchev–Trinajstić information content (AvgIpc) is 2.24. The summed E-state index contributed by atoms with van der Waals surface area (Å²) in [6.45, 7) is 6.97. The predicted octanol–water partition coefficient (Wildman–Crippen LogP) is 3.16. The van der Waals surface area contributed by atoms with Crippen LogP contribution < -0.4 is 10.5 Å². The third-order valence-corrected chi connectivity index (χ3v) is 3.30. The summed E-state index contributed by atoms with van der Waals surface area (Å²) in [6, 6.07) is 8.08. The van der Waals surface area contributed by atoms with Crippen LogP contribution in [0.4, 0.5) is 0 Å². The molecule has 1 unspecified atom stereocenters. The first kappa shape index (κ1) is 13.4. The maximum absolute atomic E-state index is 6.00. The molecule has 16 heavy (non-hydrogen) atoms. The number of ether oxygens (including phenoxy) is 1. The first-order valence-corrected chi connectivity index (χ1v) is 6.71. The van der Waals surface area contributed by atoms with Gasteiger partial charge in [0.05, 0.1) is 0 Å². The van der Waals surface area contributed by atoms with Gasteiger partial charge in [-0.3, -0.25) is 0 Å². The smallest absolute Gasteiger partial charge is 0.133 e. The minimum atomic E-state index is 0.0424. The fourth-order valence-electron chi connectivity index (χ4n) is 1.45. The van der Waals surface area contributed by atoms with Crippen LogP contribution in [0.1, 0.15) is 20.8 Å². The van der Waals surface area contributed by atoms with Crippen molar-refractivity contribution in [2.75, 3.05) is 12.8 Å². The highest BCUT2D eigenvalue weighted by molar-refractivity contribution is 7.98. The fourth-order valence-corrected chi connectivity index (χ4v) is 1.98. The van der Waals surface area contributed by atoms with Gasteiger partial charge in [-0.15, -0.1) is 11.8 Å². The number of benzene rings is 1. The van der Waals surface area contributed by atoms with E-state index in [1.165, 1.54) is 0 Å². The number of rotatable bonds is 4. The van der Waals surface area contributed by atoms with Crippen molar-refractivity contribution >= 4 is 11.8 Å². The molecule has 0 fully saturated rings. The summed E-state index contributed by atoms with van der Waals surface area (Å²) in [5, 5.41) is 0. The summed E-state index contributed by atoms with van der Waals surface area (Å²) in [5.41, 5.74) is 5.82. The van der Waals surface area contributed by atoms with E-state index in [1.807, 2.05) is 18.2 Å². The maximum Gasteiger partial charge on any atom is 0.133 e. The van der Waals surface area contributed by atoms with Crippen LogP contribution in [-0.4, -0.2) is 18.9 Å². The number of hydrogen-bond donors (Lipinski definition) is 1. The molecule has 0 aromatic heterocycles. The molecule has 3 heteroatoms. The number of para-hydroxylation sites is 1. The number of nitrogens with two attached hydrogens (primary N) is 1. The molecule has 1 atom stereocenters. The molecule has 0 saturated heterocycles. The van der Waals surface area contributed by atoms with Gasteiger partial charge in [0.1, 0.15) is 11.9 Å². The minimum Gasteiger partial charge on any atom is -0.487 e. The van der Waals surface area contributed by atoms with Gasteiger partial charge >= 0.3 is 0 Å². The van der Waals surface area contributed by atoms with E-state index in [1.54, 1.807) is 11.8 Å². The van der Waals surface area contributed by atoms with Crippen molar-refractivity contribution in [3.8, 4) is 5.75 Å². The summed E-state index contributed by atoms with van der Waals surface area (Å²) >= 11 is 1.69. The molecule has 1 aromatic carbocycles. The molecule has 0 amide bonds. The molecular formula is C13H21NOS. The van der Waals surface area contributed by atoms with Crippen LogP contribution in [0.2, 0.25) is 0 Å². The molecular weight excluding hydrogens is 218 g/mol. The van der Waals surface area contributed by atoms with Gasteiger partial charge in [-0.2, -0.15) is 0 Å². The Hall–Kier alpha value is -0.670. The summed E-state index contributed by atoms with van der Waals surface area (Å²) < 4.78 is 6.00. The third-order valence-electron chi connectivity index (χ3n) is 2.52. The summed E-state index contributed by atoms with van der Waals surface area (Å²) in [5.74, 6) is 0.931. The lowest BCUT2D eigenvalue weighted by Crippen LogP contribution is -2.38. The van der Waals surface area contributed by atoms with E-state index >= 15 is 0 Å². The van der Waals surface area contributed by atoms with Gasteiger partial charge in [-0.05, 0) is 18.4 Å². The topological polar surface area (TPSA) is 35.2 Å². The van der Waals surface area contributed by atoms with Crippen molar-refractivity contribution in [1.82, 2.24) is 0 Å². The SMILES string of the molecule is CSc1ccccc1OC(CN)C(C)(C)C. The van der Waals surface area contributed by atoms with E-state index in [2.05, 4.69) is 33.1 Å². The Kier molecular flexibility index (Phi) is 4.69. The molecule has 0 aliphatic heterocycles. The Morgan fingerprint density at radius 3 is 2.44 bits per heavy atom. The Labute approximate surface area is 103 Å². The van der Waals surface area contributed by atoms with Crippen molar-refractivity contribution in [3.63, 3.8) is 0 Å². The van der Waals surface area contributed by atoms with Crippen LogP contribution >= 0.6 is 11.8 Å². The molecule has 90 valence electrons. The zero-order valence-electron chi connectivity index (χ0n) is 10.5. The van der Waals surface area contributed by atoms with Gasteiger partial charge in [0.2, 0.25) is 0 Å². The summed E-state index contributed by atoms with van der Waals surface area (Å²) in [7, 11) is 0. The van der Waals surface area contributed by atoms with E-state index in [4.69, 9.17) is 10.5 Å². The van der Waals surface area contributed by atoms with Crippen LogP contribution in [0.15, 0.2) is 29.2 Å². The van der Waals surface area contributed by atoms with Crippen molar-refractivity contribution in [2.24, 2.45) is 11.1 Å². The minimum absolute atomic E-state index is 0.0424. The average molecular weight is 239 g/mol. The highest BCUT2D eigenvalue weighted by Crippen LogP contribution is 2.31. The quantitative estimate of drug-likeness (QED) is 0.820. The Balaban J connectivity index is 2.86. The molecule has 1 rings (SSSR count). The van der Waals surface area contributed by atoms with Gasteiger partial charge in [0, 0.05) is 16.9 Å². The van der Waals surface area contributed by atoms with Crippen LogP contribution in [0.5, 0.6) is 5.75 Å². The van der Waals surface area contributed by atoms with Crippen LogP contribution in [-0.2, 0) is 0 Å². The monoisotopic (exact) mass is 239 g/mol. The Morgan fingerprint density at radius 1 is 1.31 bits per heavy atom. The fraction of sp³-hybridized carbons (Fsp3) is 0.538. The van der Waals surface area contributed by atoms with E-state index in [-0.39, 0.29) is 11.5 Å². The lowest BCUT2D eigenvalue weighted by Gasteiger charge is -2.30. The van der Waals surface area contributed by atoms with E-state index in [0.717, 1.165) is 10.6 Å². The molecule has 0 saturated carbocycles. The van der Waals surface area contributed by atoms with E-state index in [9.17, 15) is 0 Å². The largest absolute Gasteiger partial charge is 0.487 e. The van der Waals surface area contributed by atoms with Crippen LogP contribution in [0.25, 0.3) is 0 Å². The number of hydrogen-bond acceptors (Lipinski definition) is 3. The van der Waals surface area contributed by atoms with Gasteiger partial charge < -0.3 is 10.5 Å². The standard InChI is InChI=1S/C13H21NOS/c1-13(2,3)12(9-14)15-10-7-5-6-8-11(10)16-4/h5-8,12H,9,14H2,1-4H3. The lowest BCUT2D eigenvalue weighted by molar-refractivity contribution is 0.0913. The van der Waals surface area contributed by atoms with Gasteiger partial charge in [-0.25, -0.2) is 0 Å². The van der Waals surface area contributed by atoms with Crippen molar-refractivity contribution in [3.05, 3.63) is 24.3 Å². The molecule has 2 N–H and O–H groups in total. The molecule has 0 aliphatic carbocycles. The Morgan fingerprint density at radius 2 is 1.94 bits per heavy atom. The summed E-state index contributed by atoms with van der Waals surface area (Å²) in [6.07, 6.45) is 2.09. The van der Waals surface area contributed by atoms with Gasteiger partial charge in [0.25, 0.3) is 0 Å². The second-order valence-electron chi connectivity index (χ2n) is 4.86. The third kappa shape index (κ3) is 3.42. The highest BCUT2D eigenvalue weighted by Gasteiger charge is 2.25. The van der Waals surface area contributed by atoms with E-state index < -0.39 is 0 Å². The van der Waals surface area contributed by atoms with E-state index in [0.29, 0.717) is 6.54 Å². The van der Waals surface area contributed by atoms with Crippen LogP contribution in [0, 0.1) is 5.41 Å². The molecule has 0 bridgehead atoms. The second kappa shape index (κ2) is 5.60. The van der Waals surface area contributed by atoms with Crippen molar-refractivity contribution in [1.29, 1.82) is 0 Å². The zero-order chi connectivity index (χ0) is 12.2. The molecule has 0 aliphatic rings. The molecule has 2 nitrogen and oxygen atoms in total. The highest BCUT2D eigenvalue weighted by atomic mass is 32.2. The van der Waals surface area contributed by atoms with Gasteiger partial charge in [0.15, 0.2) is 0 Å². The molecule has 0 spiro atoms. The maximum atomic E-state index is 6.00. The van der Waals surface area contributed by atoms with Crippen LogP contribution in [0.3, 0.4) is 0 Å². The predicted molar refractivity (Wildman–Crippen MR) is 71.1 cm³/mol. The van der Waals surface area contributed by atoms with Crippen molar-refractivity contribution in [2.45, 2.75) is 31.8 Å². The Bertz CT molecular complexity index is 333. The molecule has 0 radical (unpaired) electrons. The molecule has 0 heterocycles. The normalized spacial score (nSPS) is 13.6. The van der Waals surface area contributed by atoms with Crippen molar-refractivity contribution < 1.29 is 4.74 Å². The lowest BCUT2D eigenvalue weighted by atomic mass is 9.89. The zero-order valence-corrected chi connectivity index (χ0v) is 11.3. The molecule has 1 aromatic rings. The van der Waals surface area contributed by atoms with Gasteiger partial charge in [-0.1, -0.05) is 32.9 Å². The number of thioether (sulfide) groups is 1.